The number of aromatic nitrogens is 2. The smallest absolute Gasteiger partial charge is 0.287 e. The van der Waals surface area contributed by atoms with Crippen LogP contribution in [0.3, 0.4) is 0 Å². The summed E-state index contributed by atoms with van der Waals surface area (Å²) in [5, 5.41) is 5.70. The van der Waals surface area contributed by atoms with Gasteiger partial charge in [-0.05, 0) is 49.1 Å². The van der Waals surface area contributed by atoms with Crippen LogP contribution in [0.5, 0.6) is 0 Å². The Morgan fingerprint density at radius 1 is 1.00 bits per heavy atom. The fourth-order valence-electron chi connectivity index (χ4n) is 2.94. The number of fused-ring (bicyclic) bond motifs is 1. The van der Waals surface area contributed by atoms with E-state index in [4.69, 9.17) is 0 Å². The quantitative estimate of drug-likeness (QED) is 0.720. The highest BCUT2D eigenvalue weighted by Gasteiger charge is 2.22. The molecule has 0 aliphatic carbocycles. The van der Waals surface area contributed by atoms with Crippen molar-refractivity contribution < 1.29 is 9.59 Å². The van der Waals surface area contributed by atoms with Crippen molar-refractivity contribution >= 4 is 23.0 Å². The zero-order chi connectivity index (χ0) is 20.5. The summed E-state index contributed by atoms with van der Waals surface area (Å²) < 4.78 is 1.63. The third-order valence-corrected chi connectivity index (χ3v) is 4.40. The standard InChI is InChI=1S/C22H26N4O2/c1-14(2)23-21(28)19-25-18(17-8-6-7-13-26(17)19)20(27)24-16-11-9-15(10-12-16)22(3,4)5/h6-14H,1-5H3,(H,23,28)(H,24,27). The molecule has 0 saturated heterocycles. The number of pyridine rings is 1. The molecular weight excluding hydrogens is 352 g/mol. The molecule has 0 saturated carbocycles. The zero-order valence-electron chi connectivity index (χ0n) is 16.9. The molecule has 1 aromatic carbocycles. The number of imidazole rings is 1. The normalized spacial score (nSPS) is 11.6. The summed E-state index contributed by atoms with van der Waals surface area (Å²) in [7, 11) is 0. The Kier molecular flexibility index (Phi) is 5.23. The van der Waals surface area contributed by atoms with Gasteiger partial charge in [0.25, 0.3) is 11.8 Å². The molecule has 0 unspecified atom stereocenters. The number of benzene rings is 1. The van der Waals surface area contributed by atoms with Crippen molar-refractivity contribution in [2.24, 2.45) is 0 Å². The third-order valence-electron chi connectivity index (χ3n) is 4.40. The molecule has 0 aliphatic rings. The summed E-state index contributed by atoms with van der Waals surface area (Å²) in [6, 6.07) is 13.1. The lowest BCUT2D eigenvalue weighted by Gasteiger charge is -2.19. The van der Waals surface area contributed by atoms with E-state index in [1.165, 1.54) is 5.56 Å². The number of hydrogen-bond donors (Lipinski definition) is 2. The zero-order valence-corrected chi connectivity index (χ0v) is 16.9. The van der Waals surface area contributed by atoms with Gasteiger partial charge in [0.05, 0.1) is 5.52 Å². The Morgan fingerprint density at radius 2 is 1.68 bits per heavy atom. The molecular formula is C22H26N4O2. The average Bonchev–Trinajstić information content (AvgIpc) is 3.01. The van der Waals surface area contributed by atoms with E-state index in [-0.39, 0.29) is 34.8 Å². The van der Waals surface area contributed by atoms with E-state index < -0.39 is 0 Å². The molecule has 2 N–H and O–H groups in total. The van der Waals surface area contributed by atoms with E-state index in [1.54, 1.807) is 22.7 Å². The second-order valence-corrected chi connectivity index (χ2v) is 8.15. The first kappa shape index (κ1) is 19.6. The van der Waals surface area contributed by atoms with Crippen LogP contribution in [0.2, 0.25) is 0 Å². The Balaban J connectivity index is 1.91. The molecule has 6 nitrogen and oxygen atoms in total. The summed E-state index contributed by atoms with van der Waals surface area (Å²) in [4.78, 5) is 29.7. The minimum absolute atomic E-state index is 0.0258. The first-order valence-electron chi connectivity index (χ1n) is 9.36. The van der Waals surface area contributed by atoms with Crippen LogP contribution >= 0.6 is 0 Å². The molecule has 2 aromatic heterocycles. The van der Waals surface area contributed by atoms with Crippen molar-refractivity contribution in [3.63, 3.8) is 0 Å². The first-order chi connectivity index (χ1) is 13.2. The van der Waals surface area contributed by atoms with Crippen LogP contribution in [0.1, 0.15) is 61.3 Å². The largest absolute Gasteiger partial charge is 0.347 e. The van der Waals surface area contributed by atoms with Crippen LogP contribution in [0, 0.1) is 0 Å². The van der Waals surface area contributed by atoms with Crippen LogP contribution in [0.15, 0.2) is 48.7 Å². The lowest BCUT2D eigenvalue weighted by atomic mass is 9.87. The molecule has 2 amide bonds. The number of amides is 2. The van der Waals surface area contributed by atoms with Gasteiger partial charge in [0.1, 0.15) is 0 Å². The predicted octanol–water partition coefficient (Wildman–Crippen LogP) is 4.02. The molecule has 2 heterocycles. The van der Waals surface area contributed by atoms with Crippen molar-refractivity contribution in [1.29, 1.82) is 0 Å². The molecule has 0 radical (unpaired) electrons. The summed E-state index contributed by atoms with van der Waals surface area (Å²) in [5.41, 5.74) is 2.71. The summed E-state index contributed by atoms with van der Waals surface area (Å²) in [5.74, 6) is -0.474. The molecule has 3 rings (SSSR count). The van der Waals surface area contributed by atoms with Crippen molar-refractivity contribution in [3.8, 4) is 0 Å². The summed E-state index contributed by atoms with van der Waals surface area (Å²) in [6.45, 7) is 10.2. The van der Waals surface area contributed by atoms with E-state index in [1.807, 2.05) is 44.2 Å². The van der Waals surface area contributed by atoms with Crippen molar-refractivity contribution in [2.45, 2.75) is 46.1 Å². The maximum atomic E-state index is 12.8. The van der Waals surface area contributed by atoms with Gasteiger partial charge in [-0.15, -0.1) is 0 Å². The van der Waals surface area contributed by atoms with Gasteiger partial charge in [-0.2, -0.15) is 0 Å². The second-order valence-electron chi connectivity index (χ2n) is 8.15. The second kappa shape index (κ2) is 7.46. The van der Waals surface area contributed by atoms with Crippen molar-refractivity contribution in [2.75, 3.05) is 5.32 Å². The first-order valence-corrected chi connectivity index (χ1v) is 9.36. The van der Waals surface area contributed by atoms with Crippen LogP contribution in [-0.4, -0.2) is 27.2 Å². The van der Waals surface area contributed by atoms with E-state index in [0.717, 1.165) is 0 Å². The molecule has 3 aromatic rings. The maximum Gasteiger partial charge on any atom is 0.287 e. The van der Waals surface area contributed by atoms with Crippen LogP contribution in [0.25, 0.3) is 5.52 Å². The van der Waals surface area contributed by atoms with Gasteiger partial charge in [-0.25, -0.2) is 4.98 Å². The van der Waals surface area contributed by atoms with Crippen molar-refractivity contribution in [1.82, 2.24) is 14.7 Å². The number of nitrogens with one attached hydrogen (secondary N) is 2. The van der Waals surface area contributed by atoms with E-state index >= 15 is 0 Å². The van der Waals surface area contributed by atoms with E-state index in [0.29, 0.717) is 11.2 Å². The van der Waals surface area contributed by atoms with Gasteiger partial charge in [-0.1, -0.05) is 39.0 Å². The number of carbonyl (C=O) groups excluding carboxylic acids is 2. The minimum Gasteiger partial charge on any atom is -0.347 e. The fraction of sp³-hybridized carbons (Fsp3) is 0.318. The van der Waals surface area contributed by atoms with Crippen LogP contribution in [0.4, 0.5) is 5.69 Å². The summed E-state index contributed by atoms with van der Waals surface area (Å²) in [6.07, 6.45) is 1.73. The van der Waals surface area contributed by atoms with Crippen LogP contribution < -0.4 is 10.6 Å². The Hall–Kier alpha value is -3.15. The number of rotatable bonds is 4. The number of anilines is 1. The molecule has 0 spiro atoms. The number of carbonyl (C=O) groups is 2. The topological polar surface area (TPSA) is 75.5 Å². The highest BCUT2D eigenvalue weighted by atomic mass is 16.2. The monoisotopic (exact) mass is 378 g/mol. The SMILES string of the molecule is CC(C)NC(=O)c1nc(C(=O)Nc2ccc(C(C)(C)C)cc2)c2ccccn12. The fourth-order valence-corrected chi connectivity index (χ4v) is 2.94. The Labute approximate surface area is 165 Å². The van der Waals surface area contributed by atoms with Gasteiger partial charge in [-0.3, -0.25) is 14.0 Å². The van der Waals surface area contributed by atoms with Crippen molar-refractivity contribution in [3.05, 3.63) is 65.7 Å². The molecule has 6 heteroatoms. The molecule has 0 aliphatic heterocycles. The average molecular weight is 378 g/mol. The lowest BCUT2D eigenvalue weighted by Crippen LogP contribution is -2.31. The summed E-state index contributed by atoms with van der Waals surface area (Å²) >= 11 is 0. The predicted molar refractivity (Wildman–Crippen MR) is 111 cm³/mol. The van der Waals surface area contributed by atoms with E-state index in [9.17, 15) is 9.59 Å². The Morgan fingerprint density at radius 3 is 2.29 bits per heavy atom. The Bertz CT molecular complexity index is 1010. The van der Waals surface area contributed by atoms with Crippen LogP contribution in [-0.2, 0) is 5.41 Å². The third kappa shape index (κ3) is 4.06. The van der Waals surface area contributed by atoms with Gasteiger partial charge in [0.2, 0.25) is 5.82 Å². The molecule has 28 heavy (non-hydrogen) atoms. The number of hydrogen-bond acceptors (Lipinski definition) is 3. The lowest BCUT2D eigenvalue weighted by molar-refractivity contribution is 0.0932. The minimum atomic E-state index is -0.351. The molecule has 146 valence electrons. The number of nitrogens with zero attached hydrogens (tertiary/aromatic N) is 2. The van der Waals surface area contributed by atoms with Gasteiger partial charge >= 0.3 is 0 Å². The molecule has 0 bridgehead atoms. The molecule has 0 atom stereocenters. The van der Waals surface area contributed by atoms with E-state index in [2.05, 4.69) is 36.4 Å². The maximum absolute atomic E-state index is 12.8. The highest BCUT2D eigenvalue weighted by molar-refractivity contribution is 6.08. The highest BCUT2D eigenvalue weighted by Crippen LogP contribution is 2.24. The molecule has 0 fully saturated rings. The van der Waals surface area contributed by atoms with Gasteiger partial charge in [0.15, 0.2) is 5.69 Å². The van der Waals surface area contributed by atoms with Gasteiger partial charge in [0, 0.05) is 17.9 Å². The van der Waals surface area contributed by atoms with Gasteiger partial charge < -0.3 is 10.6 Å².